The molecule has 1 saturated heterocycles. The average molecular weight is 394 g/mol. The van der Waals surface area contributed by atoms with E-state index in [4.69, 9.17) is 4.74 Å². The van der Waals surface area contributed by atoms with Crippen LogP contribution in [-0.2, 0) is 26.9 Å². The summed E-state index contributed by atoms with van der Waals surface area (Å²) < 4.78 is 6.53. The van der Waals surface area contributed by atoms with Crippen molar-refractivity contribution in [2.75, 3.05) is 6.61 Å². The number of rotatable bonds is 2. The second-order valence-electron chi connectivity index (χ2n) is 3.23. The summed E-state index contributed by atoms with van der Waals surface area (Å²) in [5.41, 5.74) is 0. The molecule has 1 nitrogen and oxygen atoms in total. The van der Waals surface area contributed by atoms with Gasteiger partial charge < -0.3 is 0 Å². The Kier molecular flexibility index (Phi) is 4.18. The van der Waals surface area contributed by atoms with Gasteiger partial charge in [0, 0.05) is 0 Å². The van der Waals surface area contributed by atoms with Crippen LogP contribution in [0.4, 0.5) is 0 Å². The Labute approximate surface area is 80.6 Å². The molecule has 1 rings (SSSR count). The molecule has 0 spiro atoms. The van der Waals surface area contributed by atoms with Crippen LogP contribution in [0.5, 0.6) is 0 Å². The van der Waals surface area contributed by atoms with Crippen molar-refractivity contribution in [1.82, 2.24) is 0 Å². The van der Waals surface area contributed by atoms with Gasteiger partial charge in [-0.2, -0.15) is 0 Å². The maximum atomic E-state index is 5.64. The molecule has 1 unspecified atom stereocenters. The first-order valence-corrected chi connectivity index (χ1v) is 19.0. The van der Waals surface area contributed by atoms with Crippen molar-refractivity contribution >= 4 is 11.9 Å². The number of hydrogen-bond acceptors (Lipinski definition) is 1. The molecular formula is C7H13BrHgO. The molecule has 1 fully saturated rings. The van der Waals surface area contributed by atoms with E-state index in [1.165, 1.54) is 6.42 Å². The van der Waals surface area contributed by atoms with E-state index in [-0.39, 0.29) is 0 Å². The summed E-state index contributed by atoms with van der Waals surface area (Å²) in [5, 5.41) is 0. The van der Waals surface area contributed by atoms with Gasteiger partial charge in [0.15, 0.2) is 0 Å². The Morgan fingerprint density at radius 2 is 2.40 bits per heavy atom. The molecule has 10 heavy (non-hydrogen) atoms. The van der Waals surface area contributed by atoms with Gasteiger partial charge in [-0.25, -0.2) is 0 Å². The molecule has 0 amide bonds. The van der Waals surface area contributed by atoms with Crippen LogP contribution in [0.3, 0.4) is 0 Å². The van der Waals surface area contributed by atoms with Crippen LogP contribution in [0.15, 0.2) is 0 Å². The zero-order valence-corrected chi connectivity index (χ0v) is 13.7. The molecule has 1 aliphatic heterocycles. The van der Waals surface area contributed by atoms with Crippen molar-refractivity contribution in [3.8, 4) is 0 Å². The summed E-state index contributed by atoms with van der Waals surface area (Å²) in [7, 11) is 0. The second kappa shape index (κ2) is 4.41. The van der Waals surface area contributed by atoms with Crippen LogP contribution in [0.25, 0.3) is 0 Å². The molecule has 0 radical (unpaired) electrons. The van der Waals surface area contributed by atoms with E-state index in [9.17, 15) is 0 Å². The Morgan fingerprint density at radius 3 is 2.80 bits per heavy atom. The van der Waals surface area contributed by atoms with Gasteiger partial charge >= 0.3 is 81.1 Å². The van der Waals surface area contributed by atoms with Crippen molar-refractivity contribution in [2.24, 2.45) is 5.92 Å². The van der Waals surface area contributed by atoms with Crippen molar-refractivity contribution in [1.29, 1.82) is 0 Å². The minimum absolute atomic E-state index is 0.598. The van der Waals surface area contributed by atoms with Crippen LogP contribution in [0.1, 0.15) is 20.3 Å². The van der Waals surface area contributed by atoms with Crippen molar-refractivity contribution in [3.05, 3.63) is 0 Å². The number of halogens is 1. The molecule has 0 N–H and O–H groups in total. The van der Waals surface area contributed by atoms with E-state index in [1.807, 2.05) is 0 Å². The second-order valence-corrected chi connectivity index (χ2v) is 15.1. The topological polar surface area (TPSA) is 9.23 Å². The average Bonchev–Trinajstić information content (AvgIpc) is 2.34. The van der Waals surface area contributed by atoms with E-state index in [1.54, 1.807) is 0 Å². The molecule has 3 atom stereocenters. The third-order valence-corrected chi connectivity index (χ3v) is 14.9. The third-order valence-electron chi connectivity index (χ3n) is 2.25. The molecule has 1 aliphatic rings. The fourth-order valence-corrected chi connectivity index (χ4v) is 7.78. The quantitative estimate of drug-likeness (QED) is 0.655. The molecular weight excluding hydrogens is 381 g/mol. The minimum atomic E-state index is -0.691. The zero-order chi connectivity index (χ0) is 7.56. The SMILES string of the molecule is C[CH]([Hg][Br])[C@H]1OCC[C@@H]1C. The summed E-state index contributed by atoms with van der Waals surface area (Å²) in [6, 6.07) is 0. The zero-order valence-electron chi connectivity index (χ0n) is 6.64. The van der Waals surface area contributed by atoms with E-state index < -0.39 is 22.1 Å². The fraction of sp³-hybridized carbons (Fsp3) is 1.00. The summed E-state index contributed by atoms with van der Waals surface area (Å²) in [4.78, 5) is 0. The standard InChI is InChI=1S/C7H13O.BrH.Hg/c1-3-7-6(2)4-5-8-7;;/h3,6-7H,4-5H2,1-2H3;1H;/q;;+1/p-1/t6-,7+;;/m0../s1. The molecule has 0 aromatic carbocycles. The monoisotopic (exact) mass is 394 g/mol. The molecule has 3 heteroatoms. The number of ether oxygens (including phenoxy) is 1. The number of hydrogen-bond donors (Lipinski definition) is 0. The van der Waals surface area contributed by atoms with Crippen LogP contribution < -0.4 is 0 Å². The van der Waals surface area contributed by atoms with Gasteiger partial charge in [0.2, 0.25) is 0 Å². The molecule has 1 heterocycles. The molecule has 0 aromatic heterocycles. The maximum absolute atomic E-state index is 5.64. The van der Waals surface area contributed by atoms with E-state index in [2.05, 4.69) is 25.8 Å². The van der Waals surface area contributed by atoms with Gasteiger partial charge in [0.1, 0.15) is 0 Å². The van der Waals surface area contributed by atoms with Crippen LogP contribution in [0.2, 0.25) is 3.43 Å². The molecule has 0 bridgehead atoms. The van der Waals surface area contributed by atoms with Crippen molar-refractivity contribution in [2.45, 2.75) is 29.8 Å². The summed E-state index contributed by atoms with van der Waals surface area (Å²) in [6.07, 6.45) is 1.87. The van der Waals surface area contributed by atoms with Gasteiger partial charge in [-0.15, -0.1) is 0 Å². The first-order valence-electron chi connectivity index (χ1n) is 3.93. The van der Waals surface area contributed by atoms with E-state index in [0.29, 0.717) is 6.10 Å². The van der Waals surface area contributed by atoms with E-state index in [0.717, 1.165) is 16.0 Å². The summed E-state index contributed by atoms with van der Waals surface area (Å²) in [6.45, 7) is 5.64. The Balaban J connectivity index is 2.38. The van der Waals surface area contributed by atoms with Crippen LogP contribution >= 0.6 is 11.9 Å². The molecule has 0 aromatic rings. The van der Waals surface area contributed by atoms with Gasteiger partial charge in [-0.1, -0.05) is 0 Å². The Morgan fingerprint density at radius 1 is 1.70 bits per heavy atom. The van der Waals surface area contributed by atoms with E-state index >= 15 is 0 Å². The van der Waals surface area contributed by atoms with Gasteiger partial charge in [-0.3, -0.25) is 0 Å². The van der Waals surface area contributed by atoms with Crippen molar-refractivity contribution < 1.29 is 26.9 Å². The molecule has 56 valence electrons. The Bertz CT molecular complexity index is 110. The summed E-state index contributed by atoms with van der Waals surface area (Å²) >= 11 is 3.00. The first kappa shape index (κ1) is 9.46. The van der Waals surface area contributed by atoms with Gasteiger partial charge in [-0.05, 0) is 0 Å². The van der Waals surface area contributed by atoms with Gasteiger partial charge in [0.25, 0.3) is 0 Å². The van der Waals surface area contributed by atoms with Gasteiger partial charge in [0.05, 0.1) is 0 Å². The first-order chi connectivity index (χ1) is 4.75. The van der Waals surface area contributed by atoms with Crippen LogP contribution in [0, 0.1) is 5.92 Å². The van der Waals surface area contributed by atoms with Crippen LogP contribution in [-0.4, -0.2) is 12.7 Å². The predicted octanol–water partition coefficient (Wildman–Crippen LogP) is 2.61. The predicted molar refractivity (Wildman–Crippen MR) is 41.9 cm³/mol. The summed E-state index contributed by atoms with van der Waals surface area (Å²) in [5.74, 6) is 0.813. The normalized spacial score (nSPS) is 35.5. The fourth-order valence-electron chi connectivity index (χ4n) is 1.53. The van der Waals surface area contributed by atoms with Crippen molar-refractivity contribution in [3.63, 3.8) is 0 Å². The molecule has 0 aliphatic carbocycles. The third kappa shape index (κ3) is 2.18. The Hall–Kier alpha value is 1.38. The molecule has 0 saturated carbocycles.